The minimum atomic E-state index is 0.0467. The van der Waals surface area contributed by atoms with Crippen molar-refractivity contribution in [2.24, 2.45) is 0 Å². The van der Waals surface area contributed by atoms with Crippen LogP contribution in [0.25, 0.3) is 0 Å². The summed E-state index contributed by atoms with van der Waals surface area (Å²) in [5, 5.41) is 2.58. The summed E-state index contributed by atoms with van der Waals surface area (Å²) in [4.78, 5) is 4.05. The second kappa shape index (κ2) is 2.53. The Morgan fingerprint density at radius 2 is 2.56 bits per heavy atom. The fourth-order valence-electron chi connectivity index (χ4n) is 0.419. The SMILES string of the molecule is CC(S)c1nc(=S)o[nH]1. The lowest BCUT2D eigenvalue weighted by Crippen LogP contribution is -1.85. The van der Waals surface area contributed by atoms with E-state index in [4.69, 9.17) is 0 Å². The molecule has 0 aromatic carbocycles. The summed E-state index contributed by atoms with van der Waals surface area (Å²) in [6.07, 6.45) is 0. The number of hydrogen-bond acceptors (Lipinski definition) is 4. The maximum Gasteiger partial charge on any atom is 0.314 e. The molecule has 50 valence electrons. The largest absolute Gasteiger partial charge is 0.348 e. The molecule has 9 heavy (non-hydrogen) atoms. The molecule has 1 aromatic heterocycles. The second-order valence-electron chi connectivity index (χ2n) is 1.64. The Morgan fingerprint density at radius 1 is 1.89 bits per heavy atom. The highest BCUT2D eigenvalue weighted by Crippen LogP contribution is 2.12. The van der Waals surface area contributed by atoms with Gasteiger partial charge in [-0.1, -0.05) is 0 Å². The van der Waals surface area contributed by atoms with Gasteiger partial charge in [0.2, 0.25) is 0 Å². The number of aromatic amines is 1. The molecular formula is C4H6N2OS2. The Bertz CT molecular complexity index is 239. The van der Waals surface area contributed by atoms with Crippen molar-refractivity contribution in [3.05, 3.63) is 10.7 Å². The highest BCUT2D eigenvalue weighted by Gasteiger charge is 2.02. The van der Waals surface area contributed by atoms with E-state index >= 15 is 0 Å². The molecule has 0 aliphatic heterocycles. The first-order chi connectivity index (χ1) is 4.20. The van der Waals surface area contributed by atoms with E-state index in [0.29, 0.717) is 5.82 Å². The molecule has 1 atom stereocenters. The maximum absolute atomic E-state index is 4.66. The van der Waals surface area contributed by atoms with Crippen LogP contribution in [0.5, 0.6) is 0 Å². The lowest BCUT2D eigenvalue weighted by atomic mass is 10.5. The quantitative estimate of drug-likeness (QED) is 0.488. The Morgan fingerprint density at radius 3 is 2.78 bits per heavy atom. The highest BCUT2D eigenvalue weighted by molar-refractivity contribution is 7.80. The average molecular weight is 162 g/mol. The van der Waals surface area contributed by atoms with E-state index in [2.05, 4.69) is 39.5 Å². The van der Waals surface area contributed by atoms with Gasteiger partial charge in [0.1, 0.15) is 0 Å². The third-order valence-electron chi connectivity index (χ3n) is 0.850. The Hall–Kier alpha value is -0.290. The number of nitrogens with zero attached hydrogens (tertiary/aromatic N) is 1. The van der Waals surface area contributed by atoms with Crippen LogP contribution in [0.15, 0.2) is 4.52 Å². The zero-order chi connectivity index (χ0) is 6.85. The van der Waals surface area contributed by atoms with Crippen LogP contribution in [-0.4, -0.2) is 10.1 Å². The molecule has 0 aliphatic rings. The molecule has 0 saturated heterocycles. The molecule has 0 spiro atoms. The summed E-state index contributed by atoms with van der Waals surface area (Å²) in [5.74, 6) is 0.670. The van der Waals surface area contributed by atoms with E-state index in [9.17, 15) is 0 Å². The summed E-state index contributed by atoms with van der Waals surface area (Å²) in [6.45, 7) is 1.88. The third-order valence-corrected chi connectivity index (χ3v) is 1.27. The van der Waals surface area contributed by atoms with Crippen LogP contribution in [0.4, 0.5) is 0 Å². The van der Waals surface area contributed by atoms with Gasteiger partial charge in [-0.2, -0.15) is 17.6 Å². The van der Waals surface area contributed by atoms with Crippen LogP contribution < -0.4 is 0 Å². The molecular weight excluding hydrogens is 156 g/mol. The lowest BCUT2D eigenvalue weighted by Gasteiger charge is -1.91. The van der Waals surface area contributed by atoms with Gasteiger partial charge in [0.15, 0.2) is 5.82 Å². The molecule has 0 fully saturated rings. The lowest BCUT2D eigenvalue weighted by molar-refractivity contribution is 0.398. The van der Waals surface area contributed by atoms with Crippen LogP contribution in [-0.2, 0) is 0 Å². The minimum absolute atomic E-state index is 0.0467. The fraction of sp³-hybridized carbons (Fsp3) is 0.500. The second-order valence-corrected chi connectivity index (χ2v) is 2.77. The topological polar surface area (TPSA) is 41.8 Å². The number of rotatable bonds is 1. The van der Waals surface area contributed by atoms with Crippen molar-refractivity contribution in [2.45, 2.75) is 12.2 Å². The predicted octanol–water partition coefficient (Wildman–Crippen LogP) is 1.72. The molecule has 5 heteroatoms. The van der Waals surface area contributed by atoms with E-state index in [1.54, 1.807) is 0 Å². The van der Waals surface area contributed by atoms with Gasteiger partial charge in [-0.05, 0) is 19.1 Å². The molecule has 0 radical (unpaired) electrons. The van der Waals surface area contributed by atoms with Gasteiger partial charge >= 0.3 is 4.84 Å². The van der Waals surface area contributed by atoms with Gasteiger partial charge < -0.3 is 4.52 Å². The van der Waals surface area contributed by atoms with Gasteiger partial charge in [0, 0.05) is 0 Å². The van der Waals surface area contributed by atoms with Crippen molar-refractivity contribution in [3.8, 4) is 0 Å². The van der Waals surface area contributed by atoms with Crippen molar-refractivity contribution in [1.82, 2.24) is 10.1 Å². The Labute approximate surface area is 62.9 Å². The first-order valence-corrected chi connectivity index (χ1v) is 3.36. The summed E-state index contributed by atoms with van der Waals surface area (Å²) in [6, 6.07) is 0. The molecule has 1 heterocycles. The van der Waals surface area contributed by atoms with Crippen LogP contribution in [0, 0.1) is 4.84 Å². The van der Waals surface area contributed by atoms with Crippen LogP contribution in [0.2, 0.25) is 0 Å². The van der Waals surface area contributed by atoms with Crippen molar-refractivity contribution < 1.29 is 4.52 Å². The molecule has 0 amide bonds. The van der Waals surface area contributed by atoms with Crippen molar-refractivity contribution in [1.29, 1.82) is 0 Å². The first kappa shape index (κ1) is 6.82. The fourth-order valence-corrected chi connectivity index (χ4v) is 0.669. The van der Waals surface area contributed by atoms with Crippen molar-refractivity contribution in [2.75, 3.05) is 0 Å². The molecule has 0 aliphatic carbocycles. The number of hydrogen-bond donors (Lipinski definition) is 2. The van der Waals surface area contributed by atoms with Crippen LogP contribution in [0.3, 0.4) is 0 Å². The van der Waals surface area contributed by atoms with Gasteiger partial charge in [-0.15, -0.1) is 0 Å². The minimum Gasteiger partial charge on any atom is -0.348 e. The molecule has 0 bridgehead atoms. The highest BCUT2D eigenvalue weighted by atomic mass is 32.1. The van der Waals surface area contributed by atoms with Crippen LogP contribution >= 0.6 is 24.8 Å². The molecule has 1 N–H and O–H groups in total. The van der Waals surface area contributed by atoms with E-state index in [0.717, 1.165) is 0 Å². The Kier molecular flexibility index (Phi) is 1.92. The monoisotopic (exact) mass is 162 g/mol. The molecule has 3 nitrogen and oxygen atoms in total. The average Bonchev–Trinajstić information content (AvgIpc) is 2.14. The van der Waals surface area contributed by atoms with Gasteiger partial charge in [0.25, 0.3) is 0 Å². The summed E-state index contributed by atoms with van der Waals surface area (Å²) >= 11 is 8.71. The van der Waals surface area contributed by atoms with Gasteiger partial charge in [-0.25, -0.2) is 5.16 Å². The summed E-state index contributed by atoms with van der Waals surface area (Å²) in [5.41, 5.74) is 0. The van der Waals surface area contributed by atoms with Gasteiger partial charge in [0.05, 0.1) is 5.25 Å². The number of H-pyrrole nitrogens is 1. The van der Waals surface area contributed by atoms with Crippen molar-refractivity contribution >= 4 is 24.8 Å². The smallest absolute Gasteiger partial charge is 0.314 e. The predicted molar refractivity (Wildman–Crippen MR) is 39.1 cm³/mol. The number of thiol groups is 1. The van der Waals surface area contributed by atoms with E-state index in [-0.39, 0.29) is 10.1 Å². The van der Waals surface area contributed by atoms with Gasteiger partial charge in [-0.3, -0.25) is 0 Å². The molecule has 1 rings (SSSR count). The molecule has 1 unspecified atom stereocenters. The normalized spacial score (nSPS) is 13.6. The molecule has 0 saturated carbocycles. The zero-order valence-electron chi connectivity index (χ0n) is 4.79. The van der Waals surface area contributed by atoms with Crippen molar-refractivity contribution in [3.63, 3.8) is 0 Å². The van der Waals surface area contributed by atoms with E-state index in [1.165, 1.54) is 0 Å². The number of aromatic nitrogens is 2. The Balaban J connectivity index is 2.98. The van der Waals surface area contributed by atoms with E-state index in [1.807, 2.05) is 6.92 Å². The maximum atomic E-state index is 4.66. The molecule has 1 aromatic rings. The van der Waals surface area contributed by atoms with E-state index < -0.39 is 0 Å². The zero-order valence-corrected chi connectivity index (χ0v) is 6.50. The van der Waals surface area contributed by atoms with Crippen LogP contribution in [0.1, 0.15) is 18.0 Å². The standard InChI is InChI=1S/C4H6N2OS2/c1-2(8)3-5-4(9)7-6-3/h2,8H,1H3,(H,5,6,9). The summed E-state index contributed by atoms with van der Waals surface area (Å²) < 4.78 is 4.66. The first-order valence-electron chi connectivity index (χ1n) is 2.43. The third kappa shape index (κ3) is 1.56. The summed E-state index contributed by atoms with van der Waals surface area (Å²) in [7, 11) is 0. The number of nitrogens with one attached hydrogen (secondary N) is 1.